The molecule has 0 bridgehead atoms. The lowest BCUT2D eigenvalue weighted by Crippen LogP contribution is -2.43. The number of hydrogen-bond acceptors (Lipinski definition) is 5. The molecule has 0 aliphatic carbocycles. The van der Waals surface area contributed by atoms with Crippen LogP contribution in [0.1, 0.15) is 78.8 Å². The van der Waals surface area contributed by atoms with E-state index in [9.17, 15) is 19.8 Å². The van der Waals surface area contributed by atoms with Gasteiger partial charge in [0.15, 0.2) is 0 Å². The summed E-state index contributed by atoms with van der Waals surface area (Å²) in [5.41, 5.74) is 8.07. The number of nitrogens with zero attached hydrogens (tertiary/aromatic N) is 5. The van der Waals surface area contributed by atoms with Crippen molar-refractivity contribution in [1.82, 2.24) is 18.9 Å². The number of rotatable bonds is 9. The Hall–Kier alpha value is -5.26. The lowest BCUT2D eigenvalue weighted by molar-refractivity contribution is 0.0680. The van der Waals surface area contributed by atoms with Gasteiger partial charge in [-0.2, -0.15) is 5.10 Å². The van der Waals surface area contributed by atoms with Gasteiger partial charge < -0.3 is 29.0 Å². The maximum atomic E-state index is 15.1. The Bertz CT molecular complexity index is 2520. The second kappa shape index (κ2) is 13.3. The van der Waals surface area contributed by atoms with E-state index in [0.29, 0.717) is 57.5 Å². The third kappa shape index (κ3) is 5.82. The summed E-state index contributed by atoms with van der Waals surface area (Å²) in [6, 6.07) is 11.7. The highest BCUT2D eigenvalue weighted by Gasteiger charge is 2.38. The largest absolute Gasteiger partial charge is 0.494 e. The Morgan fingerprint density at radius 2 is 1.64 bits per heavy atom. The van der Waals surface area contributed by atoms with Crippen LogP contribution in [0.25, 0.3) is 32.9 Å². The van der Waals surface area contributed by atoms with Gasteiger partial charge in [0.2, 0.25) is 0 Å². The number of amides is 1. The molecule has 53 heavy (non-hydrogen) atoms. The van der Waals surface area contributed by atoms with Gasteiger partial charge in [-0.25, -0.2) is 9.59 Å². The van der Waals surface area contributed by atoms with Gasteiger partial charge in [-0.3, -0.25) is 9.48 Å². The Morgan fingerprint density at radius 1 is 0.943 bits per heavy atom. The average molecular weight is 757 g/mol. The Kier molecular flexibility index (Phi) is 9.06. The zero-order chi connectivity index (χ0) is 38.2. The van der Waals surface area contributed by atoms with Crippen molar-refractivity contribution in [1.29, 1.82) is 0 Å². The van der Waals surface area contributed by atoms with E-state index < -0.39 is 11.9 Å². The van der Waals surface area contributed by atoms with Crippen LogP contribution in [0.3, 0.4) is 0 Å². The van der Waals surface area contributed by atoms with Crippen molar-refractivity contribution in [2.75, 3.05) is 18.1 Å². The van der Waals surface area contributed by atoms with Crippen LogP contribution in [-0.4, -0.2) is 60.1 Å². The first-order valence-corrected chi connectivity index (χ1v) is 18.0. The molecular weight excluding hydrogens is 717 g/mol. The number of carbonyl (C=O) groups excluding carboxylic acids is 1. The summed E-state index contributed by atoms with van der Waals surface area (Å²) in [7, 11) is 3.49. The third-order valence-corrected chi connectivity index (χ3v) is 11.3. The minimum atomic E-state index is -1.19. The number of anilines is 1. The molecule has 1 unspecified atom stereocenters. The summed E-state index contributed by atoms with van der Waals surface area (Å²) in [4.78, 5) is 41.2. The SMILES string of the molecule is Cc1cc(OCCCc2c3n(c4c(-c5c(C)nn(C)c5C)c(Cl)ccc24)C(C)CN(c2cc(C(=O)O)cc4cc(C(=O)O)n(C)c24)C3=O)cc(C)c1Cl. The van der Waals surface area contributed by atoms with Gasteiger partial charge in [0, 0.05) is 59.3 Å². The van der Waals surface area contributed by atoms with E-state index in [4.69, 9.17) is 27.9 Å². The monoisotopic (exact) mass is 755 g/mol. The molecule has 1 atom stereocenters. The molecule has 1 aliphatic rings. The zero-order valence-electron chi connectivity index (χ0n) is 30.5. The highest BCUT2D eigenvalue weighted by atomic mass is 35.5. The summed E-state index contributed by atoms with van der Waals surface area (Å²) in [5, 5.41) is 27.2. The van der Waals surface area contributed by atoms with Crippen molar-refractivity contribution in [3.8, 4) is 16.9 Å². The van der Waals surface area contributed by atoms with E-state index >= 15 is 4.79 Å². The van der Waals surface area contributed by atoms with Crippen molar-refractivity contribution in [3.05, 3.63) is 97.5 Å². The quantitative estimate of drug-likeness (QED) is 0.141. The highest BCUT2D eigenvalue weighted by molar-refractivity contribution is 6.35. The molecule has 3 aromatic carbocycles. The number of aromatic carboxylic acids is 2. The normalized spacial score (nSPS) is 14.4. The molecule has 1 aliphatic heterocycles. The fraction of sp³-hybridized carbons (Fsp3) is 0.300. The number of carbonyl (C=O) groups is 3. The average Bonchev–Trinajstić information content (AvgIpc) is 3.71. The van der Waals surface area contributed by atoms with E-state index in [1.165, 1.54) is 22.8 Å². The maximum Gasteiger partial charge on any atom is 0.352 e. The highest BCUT2D eigenvalue weighted by Crippen LogP contribution is 2.46. The molecule has 4 heterocycles. The van der Waals surface area contributed by atoms with Gasteiger partial charge in [-0.15, -0.1) is 0 Å². The molecule has 1 amide bonds. The topological polar surface area (TPSA) is 132 Å². The van der Waals surface area contributed by atoms with E-state index in [1.54, 1.807) is 11.9 Å². The molecule has 274 valence electrons. The van der Waals surface area contributed by atoms with Gasteiger partial charge in [-0.1, -0.05) is 29.3 Å². The number of carboxylic acids is 2. The molecule has 13 heteroatoms. The Labute approximate surface area is 315 Å². The first-order chi connectivity index (χ1) is 25.1. The molecule has 2 N–H and O–H groups in total. The van der Waals surface area contributed by atoms with Crippen LogP contribution < -0.4 is 9.64 Å². The van der Waals surface area contributed by atoms with Crippen LogP contribution in [0.5, 0.6) is 5.75 Å². The standard InChI is InChI=1S/C40H39Cl2N5O6/c1-19-13-26(14-20(2)34(19)42)53-12-8-9-27-28-10-11-29(41)33(32-22(4)43-45(7)23(32)5)36(28)47-21(3)18-46(38(48)37(27)47)30-17-25(39(49)50)15-24-16-31(40(51)52)44(6)35(24)30/h10-11,13-17,21H,8-9,12,18H2,1-7H3,(H,49,50)(H,51,52). The number of carboxylic acid groups (broad SMARTS) is 2. The number of aryl methyl sites for hydroxylation is 6. The van der Waals surface area contributed by atoms with Crippen LogP contribution in [0.4, 0.5) is 5.69 Å². The second-order valence-electron chi connectivity index (χ2n) is 13.9. The van der Waals surface area contributed by atoms with Gasteiger partial charge in [-0.05, 0) is 101 Å². The molecule has 11 nitrogen and oxygen atoms in total. The lowest BCUT2D eigenvalue weighted by atomic mass is 9.98. The first-order valence-electron chi connectivity index (χ1n) is 17.3. The number of ether oxygens (including phenoxy) is 1. The smallest absolute Gasteiger partial charge is 0.352 e. The third-order valence-electron chi connectivity index (χ3n) is 10.4. The Balaban J connectivity index is 1.41. The molecule has 0 saturated heterocycles. The fourth-order valence-electron chi connectivity index (χ4n) is 7.95. The molecular formula is C40H39Cl2N5O6. The molecule has 0 radical (unpaired) electrons. The lowest BCUT2D eigenvalue weighted by Gasteiger charge is -2.35. The first kappa shape index (κ1) is 36.1. The van der Waals surface area contributed by atoms with Gasteiger partial charge in [0.1, 0.15) is 17.1 Å². The van der Waals surface area contributed by atoms with Crippen molar-refractivity contribution in [2.24, 2.45) is 14.1 Å². The number of hydrogen-bond donors (Lipinski definition) is 2. The maximum absolute atomic E-state index is 15.1. The Morgan fingerprint density at radius 3 is 2.26 bits per heavy atom. The number of aromatic nitrogens is 4. The van der Waals surface area contributed by atoms with Crippen LogP contribution in [-0.2, 0) is 20.5 Å². The van der Waals surface area contributed by atoms with Crippen LogP contribution in [0.15, 0.2) is 42.5 Å². The summed E-state index contributed by atoms with van der Waals surface area (Å²) in [6.07, 6.45) is 1.07. The fourth-order valence-corrected chi connectivity index (χ4v) is 8.31. The number of fused-ring (bicyclic) bond motifs is 4. The predicted molar refractivity (Wildman–Crippen MR) is 207 cm³/mol. The van der Waals surface area contributed by atoms with E-state index in [-0.39, 0.29) is 29.8 Å². The van der Waals surface area contributed by atoms with Crippen LogP contribution in [0.2, 0.25) is 10.0 Å². The number of halogens is 2. The van der Waals surface area contributed by atoms with Gasteiger partial charge >= 0.3 is 11.9 Å². The zero-order valence-corrected chi connectivity index (χ0v) is 32.0. The summed E-state index contributed by atoms with van der Waals surface area (Å²) >= 11 is 13.4. The van der Waals surface area contributed by atoms with Crippen LogP contribution >= 0.6 is 23.2 Å². The van der Waals surface area contributed by atoms with Gasteiger partial charge in [0.25, 0.3) is 5.91 Å². The minimum Gasteiger partial charge on any atom is -0.494 e. The van der Waals surface area contributed by atoms with Crippen molar-refractivity contribution < 1.29 is 29.3 Å². The second-order valence-corrected chi connectivity index (χ2v) is 14.7. The predicted octanol–water partition coefficient (Wildman–Crippen LogP) is 8.70. The van der Waals surface area contributed by atoms with E-state index in [1.807, 2.05) is 70.6 Å². The summed E-state index contributed by atoms with van der Waals surface area (Å²) < 4.78 is 11.6. The molecule has 7 rings (SSSR count). The molecule has 0 saturated carbocycles. The van der Waals surface area contributed by atoms with E-state index in [0.717, 1.165) is 50.1 Å². The van der Waals surface area contributed by atoms with Crippen molar-refractivity contribution in [3.63, 3.8) is 0 Å². The van der Waals surface area contributed by atoms with Crippen molar-refractivity contribution >= 4 is 68.5 Å². The van der Waals surface area contributed by atoms with Crippen LogP contribution in [0, 0.1) is 27.7 Å². The van der Waals surface area contributed by atoms with E-state index in [2.05, 4.69) is 9.67 Å². The van der Waals surface area contributed by atoms with Gasteiger partial charge in [0.05, 0.1) is 39.6 Å². The minimum absolute atomic E-state index is 0.0244. The summed E-state index contributed by atoms with van der Waals surface area (Å²) in [6.45, 7) is 10.4. The number of benzene rings is 3. The molecule has 6 aromatic rings. The van der Waals surface area contributed by atoms with Crippen molar-refractivity contribution in [2.45, 2.75) is 53.5 Å². The summed E-state index contributed by atoms with van der Waals surface area (Å²) in [5.74, 6) is -1.97. The molecule has 0 fully saturated rings. The molecule has 0 spiro atoms. The molecule has 3 aromatic heterocycles.